The average Bonchev–Trinajstić information content (AvgIpc) is 2.61. The fraction of sp³-hybridized carbons (Fsp3) is 0.222. The van der Waals surface area contributed by atoms with Gasteiger partial charge in [-0.15, -0.1) is 0 Å². The van der Waals surface area contributed by atoms with Crippen LogP contribution in [0.15, 0.2) is 48.5 Å². The second-order valence-corrected chi connectivity index (χ2v) is 5.86. The summed E-state index contributed by atoms with van der Waals surface area (Å²) in [4.78, 5) is 24.1. The van der Waals surface area contributed by atoms with Crippen molar-refractivity contribution in [1.29, 1.82) is 0 Å². The summed E-state index contributed by atoms with van der Waals surface area (Å²) in [5.41, 5.74) is 6.90. The van der Waals surface area contributed by atoms with Gasteiger partial charge in [-0.05, 0) is 55.1 Å². The molecule has 0 heterocycles. The lowest BCUT2D eigenvalue weighted by Gasteiger charge is -2.09. The first-order chi connectivity index (χ1) is 11.6. The lowest BCUT2D eigenvalue weighted by molar-refractivity contribution is 0.0846. The summed E-state index contributed by atoms with van der Waals surface area (Å²) in [7, 11) is 0. The van der Waals surface area contributed by atoms with Crippen molar-refractivity contribution in [2.24, 2.45) is 0 Å². The van der Waals surface area contributed by atoms with Gasteiger partial charge in [-0.1, -0.05) is 12.1 Å². The Morgan fingerprint density at radius 1 is 0.917 bits per heavy atom. The van der Waals surface area contributed by atoms with Crippen LogP contribution in [0.25, 0.3) is 0 Å². The number of benzene rings is 2. The number of thioether (sulfide) groups is 1. The third-order valence-corrected chi connectivity index (χ3v) is 3.87. The molecule has 0 spiro atoms. The average molecular weight is 344 g/mol. The van der Waals surface area contributed by atoms with E-state index in [0.29, 0.717) is 23.5 Å². The molecule has 0 atom stereocenters. The second kappa shape index (κ2) is 8.98. The molecule has 0 aromatic heterocycles. The summed E-state index contributed by atoms with van der Waals surface area (Å²) < 4.78 is 5.32. The van der Waals surface area contributed by atoms with Crippen LogP contribution in [0.1, 0.15) is 33.2 Å². The van der Waals surface area contributed by atoms with Crippen LogP contribution >= 0.6 is 11.8 Å². The van der Waals surface area contributed by atoms with Crippen molar-refractivity contribution in [2.45, 2.75) is 12.7 Å². The van der Waals surface area contributed by atoms with Crippen molar-refractivity contribution < 1.29 is 14.3 Å². The predicted molar refractivity (Wildman–Crippen MR) is 96.2 cm³/mol. The Balaban J connectivity index is 1.89. The SMILES string of the molecule is CCOc1ccc(C(=O)NNC(=O)c2ccc(CSC)cc2)cc1. The van der Waals surface area contributed by atoms with Crippen LogP contribution in [0.4, 0.5) is 0 Å². The first-order valence-electron chi connectivity index (χ1n) is 7.55. The van der Waals surface area contributed by atoms with Crippen molar-refractivity contribution >= 4 is 23.6 Å². The Hall–Kier alpha value is -2.47. The molecule has 0 saturated heterocycles. The number of carbonyl (C=O) groups excluding carboxylic acids is 2. The monoisotopic (exact) mass is 344 g/mol. The summed E-state index contributed by atoms with van der Waals surface area (Å²) >= 11 is 1.72. The van der Waals surface area contributed by atoms with Gasteiger partial charge in [-0.2, -0.15) is 11.8 Å². The summed E-state index contributed by atoms with van der Waals surface area (Å²) in [5, 5.41) is 0. The lowest BCUT2D eigenvalue weighted by Crippen LogP contribution is -2.41. The highest BCUT2D eigenvalue weighted by Crippen LogP contribution is 2.12. The van der Waals surface area contributed by atoms with E-state index < -0.39 is 0 Å². The molecule has 5 nitrogen and oxygen atoms in total. The zero-order valence-electron chi connectivity index (χ0n) is 13.7. The van der Waals surface area contributed by atoms with Crippen LogP contribution in [0.5, 0.6) is 5.75 Å². The third-order valence-electron chi connectivity index (χ3n) is 3.24. The topological polar surface area (TPSA) is 67.4 Å². The second-order valence-electron chi connectivity index (χ2n) is 5.00. The minimum Gasteiger partial charge on any atom is -0.494 e. The Labute approximate surface area is 145 Å². The maximum atomic E-state index is 12.0. The Bertz CT molecular complexity index is 623. The predicted octanol–water partition coefficient (Wildman–Crippen LogP) is 3.02. The fourth-order valence-electron chi connectivity index (χ4n) is 2.05. The van der Waals surface area contributed by atoms with Gasteiger partial charge in [0, 0.05) is 16.9 Å². The van der Waals surface area contributed by atoms with E-state index in [1.807, 2.05) is 25.3 Å². The largest absolute Gasteiger partial charge is 0.494 e. The summed E-state index contributed by atoms with van der Waals surface area (Å²) in [6, 6.07) is 14.0. The van der Waals surface area contributed by atoms with Gasteiger partial charge in [0.05, 0.1) is 6.61 Å². The molecule has 2 N–H and O–H groups in total. The Morgan fingerprint density at radius 3 is 1.88 bits per heavy atom. The highest BCUT2D eigenvalue weighted by Gasteiger charge is 2.09. The quantitative estimate of drug-likeness (QED) is 0.791. The minimum absolute atomic E-state index is 0.356. The zero-order chi connectivity index (χ0) is 17.4. The number of nitrogens with one attached hydrogen (secondary N) is 2. The van der Waals surface area contributed by atoms with Crippen LogP contribution in [-0.4, -0.2) is 24.7 Å². The van der Waals surface area contributed by atoms with Gasteiger partial charge in [0.2, 0.25) is 0 Å². The van der Waals surface area contributed by atoms with Crippen LogP contribution in [0.3, 0.4) is 0 Å². The Morgan fingerprint density at radius 2 is 1.42 bits per heavy atom. The number of hydrogen-bond acceptors (Lipinski definition) is 4. The van der Waals surface area contributed by atoms with Crippen molar-refractivity contribution in [3.05, 3.63) is 65.2 Å². The van der Waals surface area contributed by atoms with E-state index in [9.17, 15) is 9.59 Å². The number of rotatable bonds is 6. The molecular formula is C18H20N2O3S. The summed E-state index contributed by atoms with van der Waals surface area (Å²) in [6.45, 7) is 2.46. The van der Waals surface area contributed by atoms with E-state index in [0.717, 1.165) is 11.3 Å². The van der Waals surface area contributed by atoms with E-state index in [1.165, 1.54) is 0 Å². The van der Waals surface area contributed by atoms with Gasteiger partial charge in [0.15, 0.2) is 0 Å². The van der Waals surface area contributed by atoms with Crippen LogP contribution < -0.4 is 15.6 Å². The van der Waals surface area contributed by atoms with Crippen molar-refractivity contribution in [2.75, 3.05) is 12.9 Å². The molecule has 0 saturated carbocycles. The molecule has 0 bridgehead atoms. The molecule has 0 unspecified atom stereocenters. The highest BCUT2D eigenvalue weighted by molar-refractivity contribution is 7.97. The smallest absolute Gasteiger partial charge is 0.269 e. The number of hydrazine groups is 1. The molecule has 0 radical (unpaired) electrons. The normalized spacial score (nSPS) is 10.1. The summed E-state index contributed by atoms with van der Waals surface area (Å²) in [6.07, 6.45) is 2.02. The minimum atomic E-state index is -0.384. The Kier molecular flexibility index (Phi) is 6.69. The van der Waals surface area contributed by atoms with E-state index in [4.69, 9.17) is 4.74 Å². The van der Waals surface area contributed by atoms with E-state index in [2.05, 4.69) is 10.9 Å². The number of carbonyl (C=O) groups is 2. The zero-order valence-corrected chi connectivity index (χ0v) is 14.5. The van der Waals surface area contributed by atoms with Crippen LogP contribution in [0.2, 0.25) is 0 Å². The van der Waals surface area contributed by atoms with Crippen molar-refractivity contribution in [1.82, 2.24) is 10.9 Å². The number of hydrogen-bond donors (Lipinski definition) is 2. The third kappa shape index (κ3) is 5.03. The first kappa shape index (κ1) is 17.9. The summed E-state index contributed by atoms with van der Waals surface area (Å²) in [5.74, 6) is 0.856. The van der Waals surface area contributed by atoms with Gasteiger partial charge in [0.1, 0.15) is 5.75 Å². The fourth-order valence-corrected chi connectivity index (χ4v) is 2.57. The number of ether oxygens (including phenoxy) is 1. The molecule has 0 fully saturated rings. The molecule has 126 valence electrons. The van der Waals surface area contributed by atoms with E-state index >= 15 is 0 Å². The van der Waals surface area contributed by atoms with Gasteiger partial charge in [0.25, 0.3) is 11.8 Å². The molecule has 2 amide bonds. The molecular weight excluding hydrogens is 324 g/mol. The maximum absolute atomic E-state index is 12.0. The van der Waals surface area contributed by atoms with E-state index in [1.54, 1.807) is 48.2 Å². The van der Waals surface area contributed by atoms with Crippen molar-refractivity contribution in [3.8, 4) is 5.75 Å². The molecule has 2 aromatic rings. The van der Waals surface area contributed by atoms with Gasteiger partial charge in [-0.25, -0.2) is 0 Å². The molecule has 6 heteroatoms. The lowest BCUT2D eigenvalue weighted by atomic mass is 10.1. The van der Waals surface area contributed by atoms with Gasteiger partial charge < -0.3 is 4.74 Å². The van der Waals surface area contributed by atoms with Crippen LogP contribution in [0, 0.1) is 0 Å². The molecule has 2 aromatic carbocycles. The molecule has 0 aliphatic heterocycles. The van der Waals surface area contributed by atoms with Gasteiger partial charge >= 0.3 is 0 Å². The maximum Gasteiger partial charge on any atom is 0.269 e. The molecule has 0 aliphatic carbocycles. The molecule has 24 heavy (non-hydrogen) atoms. The van der Waals surface area contributed by atoms with Gasteiger partial charge in [-0.3, -0.25) is 20.4 Å². The van der Waals surface area contributed by atoms with E-state index in [-0.39, 0.29) is 11.8 Å². The molecule has 0 aliphatic rings. The van der Waals surface area contributed by atoms with Crippen molar-refractivity contribution in [3.63, 3.8) is 0 Å². The first-order valence-corrected chi connectivity index (χ1v) is 8.95. The molecule has 2 rings (SSSR count). The van der Waals surface area contributed by atoms with Crippen LogP contribution in [-0.2, 0) is 5.75 Å². The number of amides is 2. The highest BCUT2D eigenvalue weighted by atomic mass is 32.2. The standard InChI is InChI=1S/C18H20N2O3S/c1-3-23-16-10-8-15(9-11-16)18(22)20-19-17(21)14-6-4-13(5-7-14)12-24-2/h4-11H,3,12H2,1-2H3,(H,19,21)(H,20,22).